The summed E-state index contributed by atoms with van der Waals surface area (Å²) < 4.78 is 5.45. The average Bonchev–Trinajstić information content (AvgIpc) is 2.80. The minimum atomic E-state index is -0.510. The van der Waals surface area contributed by atoms with E-state index in [2.05, 4.69) is 5.32 Å². The number of amides is 4. The number of piperidine rings is 1. The average molecular weight is 396 g/mol. The number of hydrogen-bond acceptors (Lipinski definition) is 5. The van der Waals surface area contributed by atoms with Crippen molar-refractivity contribution in [3.8, 4) is 0 Å². The highest BCUT2D eigenvalue weighted by atomic mass is 16.6. The lowest BCUT2D eigenvalue weighted by Crippen LogP contribution is -2.52. The van der Waals surface area contributed by atoms with Gasteiger partial charge in [0, 0.05) is 25.7 Å². The molecular weight excluding hydrogens is 364 g/mol. The Bertz CT molecular complexity index is 610. The molecule has 3 heterocycles. The number of hydrogen-bond donors (Lipinski definition) is 2. The SMILES string of the molecule is CC(C)(C)OC(=O)N1CCCC(NC(=O)[C@@H]2CCC3CN2C(=O)N3O)CCC1. The molecule has 0 saturated carbocycles. The summed E-state index contributed by atoms with van der Waals surface area (Å²) in [5.74, 6) is -0.142. The van der Waals surface area contributed by atoms with Crippen molar-refractivity contribution in [1.82, 2.24) is 20.2 Å². The van der Waals surface area contributed by atoms with E-state index in [0.29, 0.717) is 32.5 Å². The third-order valence-electron chi connectivity index (χ3n) is 5.61. The molecule has 0 spiro atoms. The number of hydroxylamine groups is 2. The van der Waals surface area contributed by atoms with Gasteiger partial charge < -0.3 is 19.9 Å². The van der Waals surface area contributed by atoms with Gasteiger partial charge in [-0.25, -0.2) is 14.7 Å². The van der Waals surface area contributed by atoms with Gasteiger partial charge in [-0.15, -0.1) is 0 Å². The summed E-state index contributed by atoms with van der Waals surface area (Å²) in [7, 11) is 0. The van der Waals surface area contributed by atoms with Crippen molar-refractivity contribution >= 4 is 18.0 Å². The molecule has 158 valence electrons. The van der Waals surface area contributed by atoms with E-state index in [1.165, 1.54) is 4.90 Å². The van der Waals surface area contributed by atoms with Crippen LogP contribution in [0.3, 0.4) is 0 Å². The highest BCUT2D eigenvalue weighted by Gasteiger charge is 2.46. The molecule has 0 aromatic rings. The van der Waals surface area contributed by atoms with E-state index in [1.54, 1.807) is 4.90 Å². The van der Waals surface area contributed by atoms with Gasteiger partial charge in [-0.3, -0.25) is 10.0 Å². The summed E-state index contributed by atoms with van der Waals surface area (Å²) in [6.07, 6.45) is 4.03. The molecule has 9 heteroatoms. The van der Waals surface area contributed by atoms with E-state index in [0.717, 1.165) is 30.7 Å². The Balaban J connectivity index is 1.48. The van der Waals surface area contributed by atoms with Crippen LogP contribution in [0.15, 0.2) is 0 Å². The van der Waals surface area contributed by atoms with Crippen LogP contribution in [0.4, 0.5) is 9.59 Å². The Kier molecular flexibility index (Phi) is 6.02. The number of likely N-dealkylation sites (tertiary alicyclic amines) is 1. The highest BCUT2D eigenvalue weighted by Crippen LogP contribution is 2.28. The van der Waals surface area contributed by atoms with Crippen LogP contribution in [0.25, 0.3) is 0 Å². The van der Waals surface area contributed by atoms with Crippen LogP contribution in [-0.2, 0) is 9.53 Å². The lowest BCUT2D eigenvalue weighted by molar-refractivity contribution is -0.127. The summed E-state index contributed by atoms with van der Waals surface area (Å²) in [6.45, 7) is 7.19. The van der Waals surface area contributed by atoms with E-state index in [9.17, 15) is 19.6 Å². The summed E-state index contributed by atoms with van der Waals surface area (Å²) in [5.41, 5.74) is -0.508. The lowest BCUT2D eigenvalue weighted by Gasteiger charge is -2.33. The first-order valence-corrected chi connectivity index (χ1v) is 10.2. The molecule has 3 saturated heterocycles. The molecule has 0 aromatic carbocycles. The first-order chi connectivity index (χ1) is 13.2. The van der Waals surface area contributed by atoms with Crippen molar-refractivity contribution in [2.75, 3.05) is 19.6 Å². The number of nitrogens with zero attached hydrogens (tertiary/aromatic N) is 3. The second-order valence-corrected chi connectivity index (χ2v) is 8.98. The van der Waals surface area contributed by atoms with Crippen molar-refractivity contribution in [3.05, 3.63) is 0 Å². The summed E-state index contributed by atoms with van der Waals surface area (Å²) >= 11 is 0. The number of carbonyl (C=O) groups is 3. The van der Waals surface area contributed by atoms with Gasteiger partial charge in [-0.2, -0.15) is 0 Å². The monoisotopic (exact) mass is 396 g/mol. The fourth-order valence-corrected chi connectivity index (χ4v) is 4.19. The minimum Gasteiger partial charge on any atom is -0.444 e. The Morgan fingerprint density at radius 2 is 1.75 bits per heavy atom. The zero-order valence-electron chi connectivity index (χ0n) is 17.0. The van der Waals surface area contributed by atoms with Crippen molar-refractivity contribution in [2.24, 2.45) is 0 Å². The van der Waals surface area contributed by atoms with Crippen molar-refractivity contribution < 1.29 is 24.3 Å². The molecule has 3 fully saturated rings. The molecular formula is C19H32N4O5. The minimum absolute atomic E-state index is 0.0361. The smallest absolute Gasteiger partial charge is 0.410 e. The molecule has 3 aliphatic rings. The number of ether oxygens (including phenoxy) is 1. The van der Waals surface area contributed by atoms with Crippen LogP contribution < -0.4 is 5.32 Å². The Labute approximate surface area is 165 Å². The van der Waals surface area contributed by atoms with Crippen LogP contribution in [0.1, 0.15) is 59.3 Å². The molecule has 3 aliphatic heterocycles. The van der Waals surface area contributed by atoms with Gasteiger partial charge in [0.05, 0.1) is 6.04 Å². The predicted octanol–water partition coefficient (Wildman–Crippen LogP) is 1.94. The number of urea groups is 1. The topological polar surface area (TPSA) is 102 Å². The zero-order valence-corrected chi connectivity index (χ0v) is 17.0. The lowest BCUT2D eigenvalue weighted by atomic mass is 9.98. The Morgan fingerprint density at radius 1 is 1.11 bits per heavy atom. The van der Waals surface area contributed by atoms with Gasteiger partial charge in [-0.05, 0) is 59.3 Å². The molecule has 1 unspecified atom stereocenters. The number of carbonyl (C=O) groups excluding carboxylic acids is 3. The van der Waals surface area contributed by atoms with E-state index in [-0.39, 0.29) is 24.1 Å². The van der Waals surface area contributed by atoms with Gasteiger partial charge >= 0.3 is 12.1 Å². The van der Waals surface area contributed by atoms with E-state index < -0.39 is 17.7 Å². The maximum Gasteiger partial charge on any atom is 0.410 e. The van der Waals surface area contributed by atoms with E-state index in [1.807, 2.05) is 20.8 Å². The maximum atomic E-state index is 12.7. The fourth-order valence-electron chi connectivity index (χ4n) is 4.19. The summed E-state index contributed by atoms with van der Waals surface area (Å²) in [4.78, 5) is 40.3. The Hall–Kier alpha value is -2.03. The van der Waals surface area contributed by atoms with E-state index >= 15 is 0 Å². The first kappa shape index (κ1) is 20.7. The standard InChI is InChI=1S/C19H32N4O5/c1-19(2,3)28-18(26)21-10-4-6-13(7-5-11-21)20-16(24)15-9-8-14-12-22(15)17(25)23(14)27/h13-15,27H,4-12H2,1-3H3,(H,20,24)/t14?,15-/m0/s1. The largest absolute Gasteiger partial charge is 0.444 e. The van der Waals surface area contributed by atoms with Gasteiger partial charge in [0.2, 0.25) is 5.91 Å². The van der Waals surface area contributed by atoms with Gasteiger partial charge in [0.15, 0.2) is 0 Å². The molecule has 0 aliphatic carbocycles. The fraction of sp³-hybridized carbons (Fsp3) is 0.842. The molecule has 3 rings (SSSR count). The molecule has 2 N–H and O–H groups in total. The molecule has 2 atom stereocenters. The van der Waals surface area contributed by atoms with Crippen molar-refractivity contribution in [1.29, 1.82) is 0 Å². The number of rotatable bonds is 2. The summed E-state index contributed by atoms with van der Waals surface area (Å²) in [6, 6.07) is -1.15. The predicted molar refractivity (Wildman–Crippen MR) is 101 cm³/mol. The van der Waals surface area contributed by atoms with Crippen molar-refractivity contribution in [2.45, 2.75) is 83.0 Å². The van der Waals surface area contributed by atoms with Gasteiger partial charge in [0.1, 0.15) is 11.6 Å². The highest BCUT2D eigenvalue weighted by molar-refractivity contribution is 5.88. The van der Waals surface area contributed by atoms with Crippen LogP contribution in [-0.4, -0.2) is 81.5 Å². The van der Waals surface area contributed by atoms with Crippen molar-refractivity contribution in [3.63, 3.8) is 0 Å². The normalized spacial score (nSPS) is 26.7. The second kappa shape index (κ2) is 8.14. The quantitative estimate of drug-likeness (QED) is 0.695. The van der Waals surface area contributed by atoms with Gasteiger partial charge in [0.25, 0.3) is 0 Å². The molecule has 4 amide bonds. The molecule has 28 heavy (non-hydrogen) atoms. The number of fused-ring (bicyclic) bond motifs is 2. The third-order valence-corrected chi connectivity index (χ3v) is 5.61. The van der Waals surface area contributed by atoms with Crippen LogP contribution in [0.2, 0.25) is 0 Å². The van der Waals surface area contributed by atoms with Crippen LogP contribution >= 0.6 is 0 Å². The first-order valence-electron chi connectivity index (χ1n) is 10.2. The number of nitrogens with one attached hydrogen (secondary N) is 1. The second-order valence-electron chi connectivity index (χ2n) is 8.98. The van der Waals surface area contributed by atoms with E-state index in [4.69, 9.17) is 4.74 Å². The molecule has 0 radical (unpaired) electrons. The zero-order chi connectivity index (χ0) is 20.5. The molecule has 2 bridgehead atoms. The Morgan fingerprint density at radius 3 is 2.36 bits per heavy atom. The third kappa shape index (κ3) is 4.68. The maximum absolute atomic E-state index is 12.7. The van der Waals surface area contributed by atoms with Crippen LogP contribution in [0, 0.1) is 0 Å². The van der Waals surface area contributed by atoms with Gasteiger partial charge in [-0.1, -0.05) is 0 Å². The van der Waals surface area contributed by atoms with Crippen LogP contribution in [0.5, 0.6) is 0 Å². The molecule has 0 aromatic heterocycles. The summed E-state index contributed by atoms with van der Waals surface area (Å²) in [5, 5.41) is 13.6. The molecule has 9 nitrogen and oxygen atoms in total.